The van der Waals surface area contributed by atoms with Gasteiger partial charge in [0.1, 0.15) is 5.82 Å². The van der Waals surface area contributed by atoms with Crippen molar-refractivity contribution >= 4 is 5.82 Å². The van der Waals surface area contributed by atoms with Gasteiger partial charge in [-0.15, -0.1) is 0 Å². The molecule has 3 heteroatoms. The van der Waals surface area contributed by atoms with Crippen LogP contribution in [0.5, 0.6) is 0 Å². The fourth-order valence-corrected chi connectivity index (χ4v) is 2.71. The van der Waals surface area contributed by atoms with Crippen LogP contribution in [0.15, 0.2) is 18.3 Å². The standard InChI is InChI=1S/C15H25N3/c1-3-10-16-15-9-8-13(12-17-15)14-7-5-6-11-18(14)4-2/h8-9,12,14H,3-7,10-11H2,1-2H3,(H,16,17)/t14-/m0/s1. The zero-order valence-corrected chi connectivity index (χ0v) is 11.7. The van der Waals surface area contributed by atoms with Crippen LogP contribution in [-0.2, 0) is 0 Å². The predicted octanol–water partition coefficient (Wildman–Crippen LogP) is 3.45. The highest BCUT2D eigenvalue weighted by Gasteiger charge is 2.22. The minimum Gasteiger partial charge on any atom is -0.370 e. The van der Waals surface area contributed by atoms with Crippen molar-refractivity contribution in [3.63, 3.8) is 0 Å². The van der Waals surface area contributed by atoms with E-state index in [9.17, 15) is 0 Å². The molecule has 1 N–H and O–H groups in total. The van der Waals surface area contributed by atoms with Crippen molar-refractivity contribution in [3.05, 3.63) is 23.9 Å². The van der Waals surface area contributed by atoms with E-state index in [1.165, 1.54) is 31.4 Å². The van der Waals surface area contributed by atoms with Crippen molar-refractivity contribution < 1.29 is 0 Å². The van der Waals surface area contributed by atoms with E-state index in [0.29, 0.717) is 6.04 Å². The van der Waals surface area contributed by atoms with Crippen molar-refractivity contribution in [2.45, 2.75) is 45.6 Å². The highest BCUT2D eigenvalue weighted by Crippen LogP contribution is 2.30. The largest absolute Gasteiger partial charge is 0.370 e. The molecule has 1 fully saturated rings. The smallest absolute Gasteiger partial charge is 0.125 e. The number of likely N-dealkylation sites (tertiary alicyclic amines) is 1. The van der Waals surface area contributed by atoms with Gasteiger partial charge in [0, 0.05) is 18.8 Å². The third-order valence-electron chi connectivity index (χ3n) is 3.75. The van der Waals surface area contributed by atoms with E-state index in [-0.39, 0.29) is 0 Å². The van der Waals surface area contributed by atoms with E-state index in [1.807, 2.05) is 0 Å². The molecule has 0 aliphatic carbocycles. The van der Waals surface area contributed by atoms with E-state index >= 15 is 0 Å². The van der Waals surface area contributed by atoms with Crippen LogP contribution in [0.2, 0.25) is 0 Å². The van der Waals surface area contributed by atoms with Gasteiger partial charge in [-0.3, -0.25) is 4.90 Å². The van der Waals surface area contributed by atoms with Crippen molar-refractivity contribution in [1.82, 2.24) is 9.88 Å². The van der Waals surface area contributed by atoms with Crippen molar-refractivity contribution in [2.24, 2.45) is 0 Å². The Kier molecular flexibility index (Phi) is 5.00. The van der Waals surface area contributed by atoms with E-state index < -0.39 is 0 Å². The van der Waals surface area contributed by atoms with Gasteiger partial charge in [0.05, 0.1) is 0 Å². The van der Waals surface area contributed by atoms with Crippen LogP contribution in [0.3, 0.4) is 0 Å². The Labute approximate surface area is 111 Å². The molecule has 1 aromatic rings. The van der Waals surface area contributed by atoms with Crippen molar-refractivity contribution in [3.8, 4) is 0 Å². The fourth-order valence-electron chi connectivity index (χ4n) is 2.71. The average molecular weight is 247 g/mol. The van der Waals surface area contributed by atoms with Crippen molar-refractivity contribution in [2.75, 3.05) is 25.0 Å². The summed E-state index contributed by atoms with van der Waals surface area (Å²) in [6.45, 7) is 7.79. The average Bonchev–Trinajstić information content (AvgIpc) is 2.45. The number of pyridine rings is 1. The maximum Gasteiger partial charge on any atom is 0.125 e. The molecule has 100 valence electrons. The van der Waals surface area contributed by atoms with Crippen LogP contribution < -0.4 is 5.32 Å². The summed E-state index contributed by atoms with van der Waals surface area (Å²) in [5.41, 5.74) is 1.37. The summed E-state index contributed by atoms with van der Waals surface area (Å²) in [6, 6.07) is 4.94. The Morgan fingerprint density at radius 2 is 2.22 bits per heavy atom. The van der Waals surface area contributed by atoms with E-state index in [4.69, 9.17) is 0 Å². The van der Waals surface area contributed by atoms with Crippen LogP contribution in [0.1, 0.15) is 51.1 Å². The molecule has 1 saturated heterocycles. The van der Waals surface area contributed by atoms with Gasteiger partial charge in [-0.1, -0.05) is 26.3 Å². The van der Waals surface area contributed by atoms with Crippen LogP contribution in [0.4, 0.5) is 5.82 Å². The number of hydrogen-bond donors (Lipinski definition) is 1. The summed E-state index contributed by atoms with van der Waals surface area (Å²) >= 11 is 0. The third-order valence-corrected chi connectivity index (χ3v) is 3.75. The molecular formula is C15H25N3. The third kappa shape index (κ3) is 3.22. The molecule has 2 rings (SSSR count). The zero-order chi connectivity index (χ0) is 12.8. The second-order valence-corrected chi connectivity index (χ2v) is 5.04. The Morgan fingerprint density at radius 1 is 1.33 bits per heavy atom. The molecule has 1 atom stereocenters. The lowest BCUT2D eigenvalue weighted by Gasteiger charge is -2.35. The van der Waals surface area contributed by atoms with Crippen molar-refractivity contribution in [1.29, 1.82) is 0 Å². The molecule has 1 aliphatic rings. The molecule has 18 heavy (non-hydrogen) atoms. The minimum atomic E-state index is 0.580. The van der Waals surface area contributed by atoms with Gasteiger partial charge in [-0.2, -0.15) is 0 Å². The Morgan fingerprint density at radius 3 is 2.89 bits per heavy atom. The molecule has 1 aliphatic heterocycles. The predicted molar refractivity (Wildman–Crippen MR) is 76.9 cm³/mol. The SMILES string of the molecule is CCCNc1ccc([C@@H]2CCCCN2CC)cn1. The molecule has 0 aromatic carbocycles. The first-order valence-corrected chi connectivity index (χ1v) is 7.29. The summed E-state index contributed by atoms with van der Waals surface area (Å²) in [5, 5.41) is 3.32. The van der Waals surface area contributed by atoms with E-state index in [0.717, 1.165) is 25.3 Å². The highest BCUT2D eigenvalue weighted by atomic mass is 15.2. The van der Waals surface area contributed by atoms with Gasteiger partial charge in [-0.25, -0.2) is 4.98 Å². The zero-order valence-electron chi connectivity index (χ0n) is 11.7. The first-order valence-electron chi connectivity index (χ1n) is 7.29. The summed E-state index contributed by atoms with van der Waals surface area (Å²) in [6.07, 6.45) is 7.15. The Hall–Kier alpha value is -1.09. The Bertz CT molecular complexity index is 347. The number of anilines is 1. The number of aromatic nitrogens is 1. The maximum atomic E-state index is 4.52. The molecule has 2 heterocycles. The minimum absolute atomic E-state index is 0.580. The molecule has 0 amide bonds. The molecule has 1 aromatic heterocycles. The molecule has 0 unspecified atom stereocenters. The fraction of sp³-hybridized carbons (Fsp3) is 0.667. The summed E-state index contributed by atoms with van der Waals surface area (Å²) in [7, 11) is 0. The lowest BCUT2D eigenvalue weighted by molar-refractivity contribution is 0.157. The summed E-state index contributed by atoms with van der Waals surface area (Å²) in [4.78, 5) is 7.09. The highest BCUT2D eigenvalue weighted by molar-refractivity contribution is 5.36. The lowest BCUT2D eigenvalue weighted by Crippen LogP contribution is -2.33. The van der Waals surface area contributed by atoms with Crippen LogP contribution in [0.25, 0.3) is 0 Å². The topological polar surface area (TPSA) is 28.2 Å². The number of nitrogens with one attached hydrogen (secondary N) is 1. The number of rotatable bonds is 5. The molecule has 0 saturated carbocycles. The monoisotopic (exact) mass is 247 g/mol. The summed E-state index contributed by atoms with van der Waals surface area (Å²) < 4.78 is 0. The second kappa shape index (κ2) is 6.74. The number of piperidine rings is 1. The quantitative estimate of drug-likeness (QED) is 0.863. The second-order valence-electron chi connectivity index (χ2n) is 5.04. The molecule has 0 bridgehead atoms. The van der Waals surface area contributed by atoms with E-state index in [2.05, 4.69) is 47.4 Å². The molecule has 0 radical (unpaired) electrons. The van der Waals surface area contributed by atoms with E-state index in [1.54, 1.807) is 0 Å². The Balaban J connectivity index is 2.03. The van der Waals surface area contributed by atoms with Gasteiger partial charge < -0.3 is 5.32 Å². The maximum absolute atomic E-state index is 4.52. The van der Waals surface area contributed by atoms with Gasteiger partial charge in [-0.05, 0) is 44.0 Å². The van der Waals surface area contributed by atoms with Crippen LogP contribution in [-0.4, -0.2) is 29.5 Å². The summed E-state index contributed by atoms with van der Waals surface area (Å²) in [5.74, 6) is 0.999. The van der Waals surface area contributed by atoms with Gasteiger partial charge in [0.2, 0.25) is 0 Å². The van der Waals surface area contributed by atoms with Gasteiger partial charge >= 0.3 is 0 Å². The lowest BCUT2D eigenvalue weighted by atomic mass is 9.96. The van der Waals surface area contributed by atoms with Crippen LogP contribution >= 0.6 is 0 Å². The normalized spacial score (nSPS) is 20.9. The van der Waals surface area contributed by atoms with Gasteiger partial charge in [0.15, 0.2) is 0 Å². The molecule has 3 nitrogen and oxygen atoms in total. The molecular weight excluding hydrogens is 222 g/mol. The van der Waals surface area contributed by atoms with Crippen LogP contribution in [0, 0.1) is 0 Å². The van der Waals surface area contributed by atoms with Gasteiger partial charge in [0.25, 0.3) is 0 Å². The number of hydrogen-bond acceptors (Lipinski definition) is 3. The molecule has 0 spiro atoms. The first kappa shape index (κ1) is 13.3. The number of nitrogens with zero attached hydrogens (tertiary/aromatic N) is 2. The first-order chi connectivity index (χ1) is 8.85.